The van der Waals surface area contributed by atoms with Gasteiger partial charge in [0.25, 0.3) is 0 Å². The van der Waals surface area contributed by atoms with Gasteiger partial charge in [-0.25, -0.2) is 0 Å². The lowest BCUT2D eigenvalue weighted by Gasteiger charge is -2.34. The molecule has 0 radical (unpaired) electrons. The zero-order valence-electron chi connectivity index (χ0n) is 12.5. The third kappa shape index (κ3) is 4.02. The van der Waals surface area contributed by atoms with Crippen LogP contribution in [0.3, 0.4) is 0 Å². The molecule has 0 saturated carbocycles. The number of nitrogens with two attached hydrogens (primary N) is 1. The van der Waals surface area contributed by atoms with Gasteiger partial charge < -0.3 is 10.6 Å². The van der Waals surface area contributed by atoms with E-state index >= 15 is 0 Å². The summed E-state index contributed by atoms with van der Waals surface area (Å²) in [5.41, 5.74) is 8.53. The van der Waals surface area contributed by atoms with Gasteiger partial charge in [-0.15, -0.1) is 0 Å². The lowest BCUT2D eigenvalue weighted by atomic mass is 9.91. The van der Waals surface area contributed by atoms with Crippen LogP contribution in [0.25, 0.3) is 0 Å². The summed E-state index contributed by atoms with van der Waals surface area (Å²) in [7, 11) is 2.15. The van der Waals surface area contributed by atoms with Crippen LogP contribution in [0.2, 0.25) is 0 Å². The normalized spacial score (nSPS) is 14.6. The SMILES string of the molecule is Cc1ccc(N(C)C(CN)C(C)CC(C)C)cc1. The van der Waals surface area contributed by atoms with Crippen LogP contribution in [0.5, 0.6) is 0 Å². The van der Waals surface area contributed by atoms with Crippen molar-refractivity contribution in [3.05, 3.63) is 29.8 Å². The number of likely N-dealkylation sites (N-methyl/N-ethyl adjacent to an activating group) is 1. The van der Waals surface area contributed by atoms with E-state index < -0.39 is 0 Å². The van der Waals surface area contributed by atoms with Crippen LogP contribution < -0.4 is 10.6 Å². The van der Waals surface area contributed by atoms with Gasteiger partial charge in [0.1, 0.15) is 0 Å². The van der Waals surface area contributed by atoms with Gasteiger partial charge >= 0.3 is 0 Å². The summed E-state index contributed by atoms with van der Waals surface area (Å²) in [5.74, 6) is 1.33. The Balaban J connectivity index is 2.78. The largest absolute Gasteiger partial charge is 0.370 e. The predicted molar refractivity (Wildman–Crippen MR) is 81.0 cm³/mol. The quantitative estimate of drug-likeness (QED) is 0.835. The van der Waals surface area contributed by atoms with Crippen LogP contribution in [-0.2, 0) is 0 Å². The van der Waals surface area contributed by atoms with Gasteiger partial charge in [-0.2, -0.15) is 0 Å². The summed E-state index contributed by atoms with van der Waals surface area (Å²) < 4.78 is 0. The van der Waals surface area contributed by atoms with Gasteiger partial charge in [-0.1, -0.05) is 38.5 Å². The smallest absolute Gasteiger partial charge is 0.0434 e. The number of benzene rings is 1. The first-order chi connectivity index (χ1) is 8.45. The van der Waals surface area contributed by atoms with Crippen LogP contribution in [0.4, 0.5) is 5.69 Å². The van der Waals surface area contributed by atoms with Crippen molar-refractivity contribution in [1.82, 2.24) is 0 Å². The molecular formula is C16H28N2. The molecule has 1 rings (SSSR count). The molecule has 0 aromatic heterocycles. The van der Waals surface area contributed by atoms with E-state index in [-0.39, 0.29) is 0 Å². The second-order valence-corrected chi connectivity index (χ2v) is 5.86. The Labute approximate surface area is 112 Å². The molecule has 1 aromatic carbocycles. The highest BCUT2D eigenvalue weighted by Gasteiger charge is 2.21. The first-order valence-electron chi connectivity index (χ1n) is 6.95. The van der Waals surface area contributed by atoms with Crippen molar-refractivity contribution in [2.24, 2.45) is 17.6 Å². The zero-order chi connectivity index (χ0) is 13.7. The second kappa shape index (κ2) is 6.79. The third-order valence-electron chi connectivity index (χ3n) is 3.68. The number of hydrogen-bond donors (Lipinski definition) is 1. The van der Waals surface area contributed by atoms with Crippen molar-refractivity contribution >= 4 is 5.69 Å². The number of anilines is 1. The Morgan fingerprint density at radius 2 is 1.67 bits per heavy atom. The monoisotopic (exact) mass is 248 g/mol. The maximum Gasteiger partial charge on any atom is 0.0434 e. The minimum absolute atomic E-state index is 0.412. The highest BCUT2D eigenvalue weighted by molar-refractivity contribution is 5.47. The molecule has 102 valence electrons. The van der Waals surface area contributed by atoms with Gasteiger partial charge in [-0.3, -0.25) is 0 Å². The molecule has 0 amide bonds. The van der Waals surface area contributed by atoms with E-state index in [4.69, 9.17) is 5.73 Å². The fourth-order valence-electron chi connectivity index (χ4n) is 2.64. The fourth-order valence-corrected chi connectivity index (χ4v) is 2.64. The van der Waals surface area contributed by atoms with Gasteiger partial charge in [0.15, 0.2) is 0 Å². The van der Waals surface area contributed by atoms with Crippen LogP contribution in [0, 0.1) is 18.8 Å². The van der Waals surface area contributed by atoms with Crippen LogP contribution in [-0.4, -0.2) is 19.6 Å². The Morgan fingerprint density at radius 1 is 1.11 bits per heavy atom. The van der Waals surface area contributed by atoms with E-state index in [1.807, 2.05) is 0 Å². The molecule has 0 spiro atoms. The van der Waals surface area contributed by atoms with E-state index in [2.05, 4.69) is 63.9 Å². The molecule has 0 saturated heterocycles. The van der Waals surface area contributed by atoms with Crippen LogP contribution >= 0.6 is 0 Å². The molecule has 0 aliphatic carbocycles. The molecule has 18 heavy (non-hydrogen) atoms. The average molecular weight is 248 g/mol. The van der Waals surface area contributed by atoms with Crippen LogP contribution in [0.15, 0.2) is 24.3 Å². The Morgan fingerprint density at radius 3 is 2.11 bits per heavy atom. The molecule has 0 bridgehead atoms. The van der Waals surface area contributed by atoms with E-state index in [1.165, 1.54) is 17.7 Å². The van der Waals surface area contributed by atoms with Crippen molar-refractivity contribution in [1.29, 1.82) is 0 Å². The zero-order valence-corrected chi connectivity index (χ0v) is 12.5. The predicted octanol–water partition coefficient (Wildman–Crippen LogP) is 3.44. The van der Waals surface area contributed by atoms with Gasteiger partial charge in [0, 0.05) is 25.3 Å². The molecule has 2 nitrogen and oxygen atoms in total. The van der Waals surface area contributed by atoms with Gasteiger partial charge in [-0.05, 0) is 37.3 Å². The van der Waals surface area contributed by atoms with Crippen LogP contribution in [0.1, 0.15) is 32.8 Å². The maximum atomic E-state index is 5.98. The first-order valence-corrected chi connectivity index (χ1v) is 6.95. The summed E-state index contributed by atoms with van der Waals surface area (Å²) in [4.78, 5) is 2.33. The lowest BCUT2D eigenvalue weighted by Crippen LogP contribution is -2.43. The topological polar surface area (TPSA) is 29.3 Å². The molecule has 0 aliphatic heterocycles. The number of rotatable bonds is 6. The summed E-state index contributed by atoms with van der Waals surface area (Å²) in [6.45, 7) is 9.68. The number of hydrogen-bond acceptors (Lipinski definition) is 2. The summed E-state index contributed by atoms with van der Waals surface area (Å²) in [5, 5.41) is 0. The molecule has 1 aromatic rings. The Bertz CT molecular complexity index is 343. The summed E-state index contributed by atoms with van der Waals surface area (Å²) in [6, 6.07) is 9.09. The summed E-state index contributed by atoms with van der Waals surface area (Å²) >= 11 is 0. The molecule has 0 heterocycles. The van der Waals surface area contributed by atoms with E-state index in [9.17, 15) is 0 Å². The van der Waals surface area contributed by atoms with E-state index in [0.29, 0.717) is 18.5 Å². The molecule has 2 N–H and O–H groups in total. The molecule has 0 fully saturated rings. The molecular weight excluding hydrogens is 220 g/mol. The molecule has 0 aliphatic rings. The summed E-state index contributed by atoms with van der Waals surface area (Å²) in [6.07, 6.45) is 1.22. The Kier molecular flexibility index (Phi) is 5.67. The first kappa shape index (κ1) is 15.0. The second-order valence-electron chi connectivity index (χ2n) is 5.86. The molecule has 2 heteroatoms. The van der Waals surface area contributed by atoms with Gasteiger partial charge in [0.05, 0.1) is 0 Å². The van der Waals surface area contributed by atoms with Crippen molar-refractivity contribution in [2.75, 3.05) is 18.5 Å². The number of aryl methyl sites for hydroxylation is 1. The third-order valence-corrected chi connectivity index (χ3v) is 3.68. The van der Waals surface area contributed by atoms with Gasteiger partial charge in [0.2, 0.25) is 0 Å². The minimum atomic E-state index is 0.412. The van der Waals surface area contributed by atoms with E-state index in [1.54, 1.807) is 0 Å². The van der Waals surface area contributed by atoms with Crippen molar-refractivity contribution < 1.29 is 0 Å². The van der Waals surface area contributed by atoms with Crippen molar-refractivity contribution in [3.8, 4) is 0 Å². The Hall–Kier alpha value is -1.02. The van der Waals surface area contributed by atoms with E-state index in [0.717, 1.165) is 5.92 Å². The lowest BCUT2D eigenvalue weighted by molar-refractivity contribution is 0.367. The standard InChI is InChI=1S/C16H28N2/c1-12(2)10-14(4)16(11-17)18(5)15-8-6-13(3)7-9-15/h6-9,12,14,16H,10-11,17H2,1-5H3. The minimum Gasteiger partial charge on any atom is -0.370 e. The highest BCUT2D eigenvalue weighted by atomic mass is 15.1. The van der Waals surface area contributed by atoms with Crippen molar-refractivity contribution in [2.45, 2.75) is 40.2 Å². The average Bonchev–Trinajstić information content (AvgIpc) is 2.29. The molecule has 2 unspecified atom stereocenters. The fraction of sp³-hybridized carbons (Fsp3) is 0.625. The maximum absolute atomic E-state index is 5.98. The van der Waals surface area contributed by atoms with Crippen molar-refractivity contribution in [3.63, 3.8) is 0 Å². The highest BCUT2D eigenvalue weighted by Crippen LogP contribution is 2.23. The number of nitrogens with zero attached hydrogens (tertiary/aromatic N) is 1. The molecule has 2 atom stereocenters.